The summed E-state index contributed by atoms with van der Waals surface area (Å²) < 4.78 is 5.52. The number of benzene rings is 1. The summed E-state index contributed by atoms with van der Waals surface area (Å²) in [5, 5.41) is 24.3. The van der Waals surface area contributed by atoms with E-state index in [0.29, 0.717) is 78.7 Å². The lowest BCUT2D eigenvalue weighted by Crippen LogP contribution is -2.49. The summed E-state index contributed by atoms with van der Waals surface area (Å²) >= 11 is 12.9. The van der Waals surface area contributed by atoms with Crippen LogP contribution in [0.3, 0.4) is 0 Å². The number of likely N-dealkylation sites (N-methyl/N-ethyl adjacent to an activating group) is 1. The average Bonchev–Trinajstić information content (AvgIpc) is 2.99. The van der Waals surface area contributed by atoms with E-state index in [0.717, 1.165) is 32.0 Å². The van der Waals surface area contributed by atoms with Gasteiger partial charge in [0.15, 0.2) is 5.82 Å². The smallest absolute Gasteiger partial charge is 0.241 e. The van der Waals surface area contributed by atoms with Crippen molar-refractivity contribution in [2.75, 3.05) is 105 Å². The predicted molar refractivity (Wildman–Crippen MR) is 174 cm³/mol. The summed E-state index contributed by atoms with van der Waals surface area (Å²) in [7, 11) is 1.93. The summed E-state index contributed by atoms with van der Waals surface area (Å²) in [4.78, 5) is 30.7. The van der Waals surface area contributed by atoms with Crippen LogP contribution in [0.25, 0.3) is 11.3 Å². The Bertz CT molecular complexity index is 1460. The number of morpholine rings is 1. The molecule has 0 radical (unpaired) electrons. The number of nitrogens with zero attached hydrogens (tertiary/aromatic N) is 7. The third-order valence-corrected chi connectivity index (χ3v) is 8.21. The number of nitrogens with two attached hydrogens (primary N) is 1. The highest BCUT2D eigenvalue weighted by Gasteiger charge is 2.27. The maximum Gasteiger partial charge on any atom is 0.241 e. The zero-order valence-corrected chi connectivity index (χ0v) is 26.0. The SMILES string of the molecule is CN1CCN(c2ccc(N(CCNc3ccc(N([O-])O)c(N)n3)CCN3CCOCC3)nc2-c2ccc(Cl)cc2Cl)C(=O)C1. The molecule has 0 aliphatic carbocycles. The molecule has 0 bridgehead atoms. The number of carbonyl (C=O) groups is 1. The van der Waals surface area contributed by atoms with E-state index < -0.39 is 0 Å². The summed E-state index contributed by atoms with van der Waals surface area (Å²) in [6.45, 7) is 7.21. The third-order valence-electron chi connectivity index (χ3n) is 7.66. The van der Waals surface area contributed by atoms with Crippen LogP contribution in [0.1, 0.15) is 0 Å². The monoisotopic (exact) mass is 644 g/mol. The highest BCUT2D eigenvalue weighted by atomic mass is 35.5. The van der Waals surface area contributed by atoms with Crippen LogP contribution in [-0.4, -0.2) is 110 Å². The van der Waals surface area contributed by atoms with Gasteiger partial charge in [0.2, 0.25) is 5.91 Å². The fraction of sp³-hybridized carbons (Fsp3) is 0.414. The lowest BCUT2D eigenvalue weighted by molar-refractivity contribution is -0.120. The molecule has 5 rings (SSSR count). The first kappa shape index (κ1) is 32.0. The molecule has 2 saturated heterocycles. The van der Waals surface area contributed by atoms with Gasteiger partial charge >= 0.3 is 0 Å². The van der Waals surface area contributed by atoms with Crippen LogP contribution >= 0.6 is 23.2 Å². The number of nitrogen functional groups attached to an aromatic ring is 1. The number of aromatic nitrogens is 2. The Labute approximate surface area is 266 Å². The number of ether oxygens (including phenoxy) is 1. The summed E-state index contributed by atoms with van der Waals surface area (Å²) in [5.74, 6) is 1.09. The van der Waals surface area contributed by atoms with Crippen molar-refractivity contribution < 1.29 is 14.7 Å². The average molecular weight is 646 g/mol. The van der Waals surface area contributed by atoms with Gasteiger partial charge in [-0.25, -0.2) is 9.97 Å². The summed E-state index contributed by atoms with van der Waals surface area (Å²) in [6.07, 6.45) is 0. The molecule has 1 aromatic carbocycles. The molecule has 1 amide bonds. The van der Waals surface area contributed by atoms with Crippen molar-refractivity contribution >= 4 is 57.9 Å². The Kier molecular flexibility index (Phi) is 10.6. The zero-order chi connectivity index (χ0) is 31.2. The van der Waals surface area contributed by atoms with E-state index in [2.05, 4.69) is 20.1 Å². The summed E-state index contributed by atoms with van der Waals surface area (Å²) in [5.41, 5.74) is 7.67. The van der Waals surface area contributed by atoms with Crippen LogP contribution in [0.5, 0.6) is 0 Å². The third kappa shape index (κ3) is 7.80. The van der Waals surface area contributed by atoms with E-state index >= 15 is 0 Å². The molecule has 13 nitrogen and oxygen atoms in total. The quantitative estimate of drug-likeness (QED) is 0.263. The zero-order valence-electron chi connectivity index (χ0n) is 24.5. The lowest BCUT2D eigenvalue weighted by Gasteiger charge is -2.34. The Morgan fingerprint density at radius 1 is 1.07 bits per heavy atom. The molecule has 236 valence electrons. The van der Waals surface area contributed by atoms with Gasteiger partial charge in [0.1, 0.15) is 11.6 Å². The number of hydrogen-bond donors (Lipinski definition) is 3. The second-order valence-corrected chi connectivity index (χ2v) is 11.5. The molecule has 4 N–H and O–H groups in total. The fourth-order valence-electron chi connectivity index (χ4n) is 5.24. The van der Waals surface area contributed by atoms with Crippen LogP contribution < -0.4 is 26.1 Å². The molecule has 0 unspecified atom stereocenters. The number of piperazine rings is 1. The largest absolute Gasteiger partial charge is 0.733 e. The molecular weight excluding hydrogens is 609 g/mol. The number of anilines is 5. The number of hydrogen-bond acceptors (Lipinski definition) is 12. The highest BCUT2D eigenvalue weighted by molar-refractivity contribution is 6.36. The number of rotatable bonds is 11. The molecule has 44 heavy (non-hydrogen) atoms. The van der Waals surface area contributed by atoms with Crippen molar-refractivity contribution in [3.8, 4) is 11.3 Å². The maximum atomic E-state index is 13.1. The van der Waals surface area contributed by atoms with E-state index in [1.807, 2.05) is 30.1 Å². The standard InChI is InChI=1S/C29H36Cl2N9O4/c1-36-10-13-39(27(41)19-36)23-5-7-26(35-28(23)21-3-2-20(30)18-22(21)31)38(12-11-37-14-16-44-17-15-37)9-8-33-25-6-4-24(40(42)43)29(32)34-25/h2-7,18,42H,8-17,19H2,1H3,(H3,32,33,34)/q-1. The maximum absolute atomic E-state index is 13.1. The van der Waals surface area contributed by atoms with Crippen LogP contribution in [0.4, 0.5) is 28.8 Å². The van der Waals surface area contributed by atoms with Gasteiger partial charge in [-0.2, -0.15) is 0 Å². The number of nitrogens with one attached hydrogen (secondary N) is 1. The van der Waals surface area contributed by atoms with Crippen molar-refractivity contribution in [1.82, 2.24) is 19.8 Å². The minimum Gasteiger partial charge on any atom is -0.733 e. The molecule has 0 atom stereocenters. The van der Waals surface area contributed by atoms with Gasteiger partial charge in [-0.3, -0.25) is 19.8 Å². The number of carbonyl (C=O) groups excluding carboxylic acids is 1. The normalized spacial score (nSPS) is 16.3. The van der Waals surface area contributed by atoms with E-state index in [1.165, 1.54) is 6.07 Å². The van der Waals surface area contributed by atoms with E-state index in [9.17, 15) is 15.2 Å². The lowest BCUT2D eigenvalue weighted by atomic mass is 10.1. The molecule has 0 spiro atoms. The Balaban J connectivity index is 1.44. The summed E-state index contributed by atoms with van der Waals surface area (Å²) in [6, 6.07) is 12.1. The first-order chi connectivity index (χ1) is 21.2. The molecular formula is C29H36Cl2N9O4-. The van der Waals surface area contributed by atoms with E-state index in [-0.39, 0.29) is 22.6 Å². The molecule has 2 aliphatic rings. The minimum atomic E-state index is -0.310. The van der Waals surface area contributed by atoms with Gasteiger partial charge in [0.25, 0.3) is 0 Å². The molecule has 4 heterocycles. The van der Waals surface area contributed by atoms with Crippen molar-refractivity contribution in [3.63, 3.8) is 0 Å². The first-order valence-corrected chi connectivity index (χ1v) is 15.1. The number of amides is 1. The molecule has 2 aliphatic heterocycles. The Morgan fingerprint density at radius 2 is 1.86 bits per heavy atom. The molecule has 2 aromatic heterocycles. The van der Waals surface area contributed by atoms with Crippen LogP contribution in [0.15, 0.2) is 42.5 Å². The van der Waals surface area contributed by atoms with Crippen molar-refractivity contribution in [2.24, 2.45) is 0 Å². The molecule has 0 saturated carbocycles. The predicted octanol–water partition coefficient (Wildman–Crippen LogP) is 3.26. The fourth-order valence-corrected chi connectivity index (χ4v) is 5.73. The number of pyridine rings is 2. The van der Waals surface area contributed by atoms with E-state index in [1.54, 1.807) is 23.1 Å². The minimum absolute atomic E-state index is 0.00732. The Hall–Kier alpha value is -3.43. The van der Waals surface area contributed by atoms with Gasteiger partial charge in [-0.05, 0) is 49.5 Å². The first-order valence-electron chi connectivity index (χ1n) is 14.4. The van der Waals surface area contributed by atoms with Crippen LogP contribution in [-0.2, 0) is 9.53 Å². The molecule has 2 fully saturated rings. The van der Waals surface area contributed by atoms with Gasteiger partial charge in [0.05, 0.1) is 41.8 Å². The van der Waals surface area contributed by atoms with Crippen molar-refractivity contribution in [1.29, 1.82) is 0 Å². The Morgan fingerprint density at radius 3 is 2.57 bits per heavy atom. The topological polar surface area (TPSA) is 150 Å². The second kappa shape index (κ2) is 14.6. The van der Waals surface area contributed by atoms with Crippen molar-refractivity contribution in [2.45, 2.75) is 0 Å². The number of halogens is 2. The van der Waals surface area contributed by atoms with Gasteiger partial charge in [0, 0.05) is 62.9 Å². The molecule has 3 aromatic rings. The van der Waals surface area contributed by atoms with Crippen LogP contribution in [0.2, 0.25) is 10.0 Å². The van der Waals surface area contributed by atoms with Crippen molar-refractivity contribution in [3.05, 3.63) is 57.7 Å². The van der Waals surface area contributed by atoms with E-state index in [4.69, 9.17) is 38.7 Å². The van der Waals surface area contributed by atoms with Crippen LogP contribution in [0, 0.1) is 5.21 Å². The van der Waals surface area contributed by atoms with Gasteiger partial charge in [-0.15, -0.1) is 0 Å². The molecule has 15 heteroatoms. The second-order valence-electron chi connectivity index (χ2n) is 10.7. The van der Waals surface area contributed by atoms with Gasteiger partial charge < -0.3 is 36.0 Å². The van der Waals surface area contributed by atoms with Gasteiger partial charge in [-0.1, -0.05) is 23.2 Å². The highest BCUT2D eigenvalue weighted by Crippen LogP contribution is 2.37.